The maximum Gasteiger partial charge on any atom is 0.239 e. The van der Waals surface area contributed by atoms with Crippen molar-refractivity contribution in [3.63, 3.8) is 0 Å². The summed E-state index contributed by atoms with van der Waals surface area (Å²) in [7, 11) is 0. The molecular formula is C15H14Cl2FN3O3. The topological polar surface area (TPSA) is 84.3 Å². The Morgan fingerprint density at radius 1 is 1.33 bits per heavy atom. The Balaban J connectivity index is 2.42. The average molecular weight is 374 g/mol. The summed E-state index contributed by atoms with van der Waals surface area (Å²) in [5.74, 6) is -1.79. The van der Waals surface area contributed by atoms with E-state index in [0.717, 1.165) is 0 Å². The van der Waals surface area contributed by atoms with Gasteiger partial charge in [0.05, 0.1) is 10.7 Å². The molecule has 0 aliphatic carbocycles. The van der Waals surface area contributed by atoms with Crippen LogP contribution >= 0.6 is 23.2 Å². The molecule has 0 atom stereocenters. The molecule has 9 heteroatoms. The minimum atomic E-state index is -0.887. The first-order valence-electron chi connectivity index (χ1n) is 6.90. The van der Waals surface area contributed by atoms with Crippen LogP contribution in [-0.4, -0.2) is 21.2 Å². The van der Waals surface area contributed by atoms with Crippen LogP contribution < -0.4 is 10.1 Å². The minimum absolute atomic E-state index is 0.00743. The number of ether oxygens (including phenoxy) is 1. The average Bonchev–Trinajstić information content (AvgIpc) is 2.49. The summed E-state index contributed by atoms with van der Waals surface area (Å²) in [6.07, 6.45) is 0. The van der Waals surface area contributed by atoms with Crippen molar-refractivity contribution in [2.24, 2.45) is 0 Å². The van der Waals surface area contributed by atoms with Crippen LogP contribution in [0.4, 0.5) is 10.1 Å². The molecule has 0 fully saturated rings. The lowest BCUT2D eigenvalue weighted by Crippen LogP contribution is -2.08. The number of aromatic nitrogens is 2. The van der Waals surface area contributed by atoms with Gasteiger partial charge < -0.3 is 15.2 Å². The molecule has 0 bridgehead atoms. The minimum Gasteiger partial charge on any atom is -0.492 e. The summed E-state index contributed by atoms with van der Waals surface area (Å²) in [5.41, 5.74) is 0.340. The molecule has 6 nitrogen and oxygen atoms in total. The number of nitrogens with zero attached hydrogens (tertiary/aromatic N) is 2. The summed E-state index contributed by atoms with van der Waals surface area (Å²) >= 11 is 12.0. The SMILES string of the molecule is CC(=O)Nc1cc(Cl)c(Oc2cc(C(C)C)c(O)nn2)c(Cl)c1F. The lowest BCUT2D eigenvalue weighted by molar-refractivity contribution is -0.114. The monoisotopic (exact) mass is 373 g/mol. The molecule has 0 aliphatic rings. The number of aromatic hydroxyl groups is 1. The molecule has 0 radical (unpaired) electrons. The van der Waals surface area contributed by atoms with Gasteiger partial charge in [-0.25, -0.2) is 4.39 Å². The van der Waals surface area contributed by atoms with Crippen LogP contribution in [0.5, 0.6) is 17.5 Å². The summed E-state index contributed by atoms with van der Waals surface area (Å²) in [5, 5.41) is 18.8. The molecule has 1 aromatic heterocycles. The lowest BCUT2D eigenvalue weighted by Gasteiger charge is -2.13. The van der Waals surface area contributed by atoms with Crippen LogP contribution in [0.1, 0.15) is 32.3 Å². The van der Waals surface area contributed by atoms with E-state index in [1.165, 1.54) is 19.1 Å². The van der Waals surface area contributed by atoms with Gasteiger partial charge in [0, 0.05) is 18.6 Å². The fourth-order valence-electron chi connectivity index (χ4n) is 1.91. The van der Waals surface area contributed by atoms with E-state index in [4.69, 9.17) is 27.9 Å². The highest BCUT2D eigenvalue weighted by molar-refractivity contribution is 6.37. The van der Waals surface area contributed by atoms with Gasteiger partial charge in [-0.15, -0.1) is 10.2 Å². The van der Waals surface area contributed by atoms with Crippen molar-refractivity contribution >= 4 is 34.8 Å². The molecule has 128 valence electrons. The third kappa shape index (κ3) is 3.85. The van der Waals surface area contributed by atoms with Crippen LogP contribution in [0, 0.1) is 5.82 Å². The number of rotatable bonds is 4. The first-order chi connectivity index (χ1) is 11.2. The molecule has 2 aromatic rings. The highest BCUT2D eigenvalue weighted by atomic mass is 35.5. The molecule has 0 saturated heterocycles. The number of halogens is 3. The van der Waals surface area contributed by atoms with Crippen LogP contribution in [0.25, 0.3) is 0 Å². The van der Waals surface area contributed by atoms with Crippen molar-refractivity contribution in [2.75, 3.05) is 5.32 Å². The molecule has 1 amide bonds. The predicted molar refractivity (Wildman–Crippen MR) is 88.6 cm³/mol. The predicted octanol–water partition coefficient (Wildman–Crippen LogP) is 4.50. The number of benzene rings is 1. The largest absolute Gasteiger partial charge is 0.492 e. The van der Waals surface area contributed by atoms with Gasteiger partial charge in [0.25, 0.3) is 0 Å². The van der Waals surface area contributed by atoms with Gasteiger partial charge in [-0.3, -0.25) is 4.79 Å². The Morgan fingerprint density at radius 3 is 2.58 bits per heavy atom. The van der Waals surface area contributed by atoms with E-state index in [0.29, 0.717) is 5.56 Å². The van der Waals surface area contributed by atoms with E-state index < -0.39 is 16.7 Å². The molecule has 0 spiro atoms. The Bertz CT molecular complexity index is 800. The van der Waals surface area contributed by atoms with Crippen LogP contribution in [-0.2, 0) is 4.79 Å². The molecule has 2 N–H and O–H groups in total. The fourth-order valence-corrected chi connectivity index (χ4v) is 2.45. The van der Waals surface area contributed by atoms with Gasteiger partial charge >= 0.3 is 0 Å². The van der Waals surface area contributed by atoms with E-state index >= 15 is 0 Å². The van der Waals surface area contributed by atoms with Crippen molar-refractivity contribution in [1.29, 1.82) is 0 Å². The van der Waals surface area contributed by atoms with Crippen molar-refractivity contribution < 1.29 is 19.0 Å². The van der Waals surface area contributed by atoms with E-state index in [2.05, 4.69) is 15.5 Å². The van der Waals surface area contributed by atoms with E-state index in [1.807, 2.05) is 13.8 Å². The highest BCUT2D eigenvalue weighted by Gasteiger charge is 2.20. The molecular weight excluding hydrogens is 360 g/mol. The maximum absolute atomic E-state index is 14.2. The normalized spacial score (nSPS) is 10.8. The smallest absolute Gasteiger partial charge is 0.239 e. The van der Waals surface area contributed by atoms with Gasteiger partial charge in [0.2, 0.25) is 17.7 Å². The zero-order valence-electron chi connectivity index (χ0n) is 13.0. The summed E-state index contributed by atoms with van der Waals surface area (Å²) in [6.45, 7) is 4.93. The molecule has 0 unspecified atom stereocenters. The number of anilines is 1. The zero-order valence-corrected chi connectivity index (χ0v) is 14.5. The quantitative estimate of drug-likeness (QED) is 0.770. The number of carbonyl (C=O) groups is 1. The van der Waals surface area contributed by atoms with Crippen molar-refractivity contribution in [2.45, 2.75) is 26.7 Å². The van der Waals surface area contributed by atoms with Gasteiger partial charge in [0.15, 0.2) is 11.6 Å². The van der Waals surface area contributed by atoms with Gasteiger partial charge in [-0.1, -0.05) is 37.0 Å². The number of hydrogen-bond acceptors (Lipinski definition) is 5. The van der Waals surface area contributed by atoms with Gasteiger partial charge in [-0.05, 0) is 12.0 Å². The number of hydrogen-bond donors (Lipinski definition) is 2. The third-order valence-electron chi connectivity index (χ3n) is 3.04. The van der Waals surface area contributed by atoms with Gasteiger partial charge in [0.1, 0.15) is 5.02 Å². The molecule has 2 rings (SSSR count). The first-order valence-corrected chi connectivity index (χ1v) is 7.65. The Kier molecular flexibility index (Phi) is 5.46. The molecule has 1 heterocycles. The fraction of sp³-hybridized carbons (Fsp3) is 0.267. The lowest BCUT2D eigenvalue weighted by atomic mass is 10.1. The van der Waals surface area contributed by atoms with Crippen LogP contribution in [0.15, 0.2) is 12.1 Å². The second kappa shape index (κ2) is 7.19. The molecule has 0 saturated carbocycles. The molecule has 1 aromatic carbocycles. The Morgan fingerprint density at radius 2 is 2.00 bits per heavy atom. The summed E-state index contributed by atoms with van der Waals surface area (Å²) < 4.78 is 19.6. The number of carbonyl (C=O) groups excluding carboxylic acids is 1. The maximum atomic E-state index is 14.2. The number of nitrogens with one attached hydrogen (secondary N) is 1. The van der Waals surface area contributed by atoms with E-state index in [1.54, 1.807) is 0 Å². The van der Waals surface area contributed by atoms with Crippen molar-refractivity contribution in [1.82, 2.24) is 10.2 Å². The highest BCUT2D eigenvalue weighted by Crippen LogP contribution is 2.41. The zero-order chi connectivity index (χ0) is 18.0. The molecule has 24 heavy (non-hydrogen) atoms. The standard InChI is InChI=1S/C15H14Cl2FN3O3/c1-6(2)8-4-11(20-21-15(8)23)24-14-9(16)5-10(19-7(3)22)13(18)12(14)17/h4-6H,1-3H3,(H,19,22)(H,21,23). The Labute approximate surface area is 147 Å². The second-order valence-corrected chi connectivity index (χ2v) is 6.05. The van der Waals surface area contributed by atoms with Crippen molar-refractivity contribution in [3.05, 3.63) is 33.6 Å². The summed E-state index contributed by atoms with van der Waals surface area (Å²) in [4.78, 5) is 11.1. The van der Waals surface area contributed by atoms with Gasteiger partial charge in [-0.2, -0.15) is 0 Å². The van der Waals surface area contributed by atoms with E-state index in [9.17, 15) is 14.3 Å². The van der Waals surface area contributed by atoms with Crippen LogP contribution in [0.2, 0.25) is 10.0 Å². The number of amides is 1. The third-order valence-corrected chi connectivity index (χ3v) is 3.65. The van der Waals surface area contributed by atoms with Crippen molar-refractivity contribution in [3.8, 4) is 17.5 Å². The van der Waals surface area contributed by atoms with E-state index in [-0.39, 0.29) is 34.1 Å². The molecule has 0 aliphatic heterocycles. The first kappa shape index (κ1) is 18.2. The second-order valence-electron chi connectivity index (χ2n) is 5.26. The summed E-state index contributed by atoms with van der Waals surface area (Å²) in [6, 6.07) is 2.63. The van der Waals surface area contributed by atoms with Crippen LogP contribution in [0.3, 0.4) is 0 Å². The Hall–Kier alpha value is -2.12.